The summed E-state index contributed by atoms with van der Waals surface area (Å²) in [4.78, 5) is 15.1. The van der Waals surface area contributed by atoms with Crippen molar-refractivity contribution in [2.24, 2.45) is 11.8 Å². The van der Waals surface area contributed by atoms with Crippen LogP contribution in [0.15, 0.2) is 0 Å². The van der Waals surface area contributed by atoms with Gasteiger partial charge in [0, 0.05) is 25.2 Å². The van der Waals surface area contributed by atoms with Gasteiger partial charge in [0.15, 0.2) is 0 Å². The van der Waals surface area contributed by atoms with Gasteiger partial charge in [-0.25, -0.2) is 4.79 Å². The molecule has 1 unspecified atom stereocenters. The zero-order chi connectivity index (χ0) is 15.6. The van der Waals surface area contributed by atoms with Gasteiger partial charge in [-0.05, 0) is 65.2 Å². The summed E-state index contributed by atoms with van der Waals surface area (Å²) in [7, 11) is 1.52. The second-order valence-electron chi connectivity index (χ2n) is 7.50. The lowest BCUT2D eigenvalue weighted by Gasteiger charge is -2.40. The molecule has 2 fully saturated rings. The summed E-state index contributed by atoms with van der Waals surface area (Å²) >= 11 is 0. The summed E-state index contributed by atoms with van der Waals surface area (Å²) in [6, 6.07) is 0.738. The molecular formula is C17H32N2O2. The van der Waals surface area contributed by atoms with E-state index < -0.39 is 5.54 Å². The van der Waals surface area contributed by atoms with Gasteiger partial charge in [-0.1, -0.05) is 0 Å². The maximum absolute atomic E-state index is 12.6. The van der Waals surface area contributed by atoms with Crippen LogP contribution in [-0.2, 0) is 9.53 Å². The first-order valence-corrected chi connectivity index (χ1v) is 8.49. The smallest absolute Gasteiger partial charge is 0.327 e. The molecule has 21 heavy (non-hydrogen) atoms. The first-order chi connectivity index (χ1) is 9.89. The second kappa shape index (κ2) is 6.66. The van der Waals surface area contributed by atoms with Gasteiger partial charge < -0.3 is 4.74 Å². The molecule has 2 saturated carbocycles. The molecule has 0 saturated heterocycles. The summed E-state index contributed by atoms with van der Waals surface area (Å²) in [6.45, 7) is 10.6. The van der Waals surface area contributed by atoms with Crippen molar-refractivity contribution in [3.8, 4) is 0 Å². The first-order valence-electron chi connectivity index (χ1n) is 8.49. The highest BCUT2D eigenvalue weighted by Crippen LogP contribution is 2.42. The summed E-state index contributed by atoms with van der Waals surface area (Å²) in [5.41, 5.74) is -0.526. The largest absolute Gasteiger partial charge is 0.468 e. The molecule has 4 heteroatoms. The molecule has 0 bridgehead atoms. The predicted molar refractivity (Wildman–Crippen MR) is 85.2 cm³/mol. The fourth-order valence-electron chi connectivity index (χ4n) is 3.27. The first kappa shape index (κ1) is 16.8. The van der Waals surface area contributed by atoms with Gasteiger partial charge in [-0.15, -0.1) is 0 Å². The van der Waals surface area contributed by atoms with Crippen LogP contribution in [0.1, 0.15) is 53.4 Å². The van der Waals surface area contributed by atoms with Crippen LogP contribution < -0.4 is 5.32 Å². The number of carbonyl (C=O) groups excluding carboxylic acids is 1. The molecule has 0 heterocycles. The molecule has 4 nitrogen and oxygen atoms in total. The molecule has 122 valence electrons. The summed E-state index contributed by atoms with van der Waals surface area (Å²) in [5.74, 6) is 1.17. The number of ether oxygens (including phenoxy) is 1. The van der Waals surface area contributed by atoms with E-state index in [-0.39, 0.29) is 12.0 Å². The Bertz CT molecular complexity index is 362. The van der Waals surface area contributed by atoms with Crippen molar-refractivity contribution in [2.75, 3.05) is 20.2 Å². The number of methoxy groups -OCH3 is 1. The molecule has 0 radical (unpaired) electrons. The van der Waals surface area contributed by atoms with Crippen molar-refractivity contribution in [1.82, 2.24) is 10.2 Å². The third-order valence-electron chi connectivity index (χ3n) is 4.74. The van der Waals surface area contributed by atoms with Crippen LogP contribution in [0.25, 0.3) is 0 Å². The van der Waals surface area contributed by atoms with Crippen LogP contribution in [-0.4, -0.2) is 48.7 Å². The van der Waals surface area contributed by atoms with Crippen molar-refractivity contribution < 1.29 is 9.53 Å². The van der Waals surface area contributed by atoms with Crippen LogP contribution >= 0.6 is 0 Å². The average Bonchev–Trinajstić information content (AvgIpc) is 3.26. The molecule has 1 atom stereocenters. The maximum atomic E-state index is 12.6. The Morgan fingerprint density at radius 2 is 1.86 bits per heavy atom. The van der Waals surface area contributed by atoms with E-state index in [1.807, 2.05) is 0 Å². The number of nitrogens with one attached hydrogen (secondary N) is 1. The molecule has 0 aliphatic heterocycles. The quantitative estimate of drug-likeness (QED) is 0.664. The molecule has 2 rings (SSSR count). The van der Waals surface area contributed by atoms with Crippen molar-refractivity contribution in [1.29, 1.82) is 0 Å². The minimum absolute atomic E-state index is 0.0832. The third-order valence-corrected chi connectivity index (χ3v) is 4.74. The number of esters is 1. The Hall–Kier alpha value is -0.610. The molecular weight excluding hydrogens is 264 g/mol. The van der Waals surface area contributed by atoms with E-state index in [2.05, 4.69) is 37.9 Å². The van der Waals surface area contributed by atoms with E-state index in [0.717, 1.165) is 31.8 Å². The lowest BCUT2D eigenvalue weighted by molar-refractivity contribution is -0.151. The Morgan fingerprint density at radius 1 is 1.24 bits per heavy atom. The number of nitrogens with zero attached hydrogens (tertiary/aromatic N) is 1. The van der Waals surface area contributed by atoms with Gasteiger partial charge in [-0.3, -0.25) is 10.2 Å². The highest BCUT2D eigenvalue weighted by Gasteiger charge is 2.53. The minimum atomic E-state index is -0.526. The molecule has 0 spiro atoms. The average molecular weight is 296 g/mol. The van der Waals surface area contributed by atoms with E-state index >= 15 is 0 Å². The standard InChI is InChI=1S/C17H32N2O2/c1-12(2)18-17(15-8-9-15,16(20)21-5)11-19(13(3)4)10-14-6-7-14/h12-15,18H,6-11H2,1-5H3. The zero-order valence-electron chi connectivity index (χ0n) is 14.3. The normalized spacial score (nSPS) is 21.9. The molecule has 1 N–H and O–H groups in total. The van der Waals surface area contributed by atoms with E-state index in [9.17, 15) is 4.79 Å². The van der Waals surface area contributed by atoms with Crippen molar-refractivity contribution in [3.05, 3.63) is 0 Å². The van der Waals surface area contributed by atoms with Gasteiger partial charge >= 0.3 is 5.97 Å². The van der Waals surface area contributed by atoms with Gasteiger partial charge in [0.05, 0.1) is 7.11 Å². The second-order valence-corrected chi connectivity index (χ2v) is 7.50. The number of rotatable bonds is 9. The summed E-state index contributed by atoms with van der Waals surface area (Å²) in [5, 5.41) is 3.57. The molecule has 0 aromatic carbocycles. The van der Waals surface area contributed by atoms with E-state index in [1.54, 1.807) is 0 Å². The Morgan fingerprint density at radius 3 is 2.24 bits per heavy atom. The number of carbonyl (C=O) groups is 1. The van der Waals surface area contributed by atoms with Gasteiger partial charge in [0.2, 0.25) is 0 Å². The Kier molecular flexibility index (Phi) is 5.31. The van der Waals surface area contributed by atoms with Crippen molar-refractivity contribution >= 4 is 5.97 Å². The lowest BCUT2D eigenvalue weighted by Crippen LogP contribution is -2.63. The van der Waals surface area contributed by atoms with Gasteiger partial charge in [0.1, 0.15) is 5.54 Å². The maximum Gasteiger partial charge on any atom is 0.327 e. The fourth-order valence-corrected chi connectivity index (χ4v) is 3.27. The van der Waals surface area contributed by atoms with Crippen LogP contribution in [0.2, 0.25) is 0 Å². The minimum Gasteiger partial charge on any atom is -0.468 e. The monoisotopic (exact) mass is 296 g/mol. The van der Waals surface area contributed by atoms with Crippen LogP contribution in [0.4, 0.5) is 0 Å². The zero-order valence-corrected chi connectivity index (χ0v) is 14.3. The van der Waals surface area contributed by atoms with E-state index in [4.69, 9.17) is 4.74 Å². The van der Waals surface area contributed by atoms with Crippen LogP contribution in [0, 0.1) is 11.8 Å². The highest BCUT2D eigenvalue weighted by atomic mass is 16.5. The third kappa shape index (κ3) is 4.19. The van der Waals surface area contributed by atoms with E-state index in [0.29, 0.717) is 12.0 Å². The molecule has 0 aromatic rings. The lowest BCUT2D eigenvalue weighted by atomic mass is 9.90. The molecule has 0 aromatic heterocycles. The Labute approximate surface area is 129 Å². The van der Waals surface area contributed by atoms with Crippen molar-refractivity contribution in [3.63, 3.8) is 0 Å². The van der Waals surface area contributed by atoms with Gasteiger partial charge in [0.25, 0.3) is 0 Å². The van der Waals surface area contributed by atoms with Crippen LogP contribution in [0.3, 0.4) is 0 Å². The van der Waals surface area contributed by atoms with Crippen LogP contribution in [0.5, 0.6) is 0 Å². The highest BCUT2D eigenvalue weighted by molar-refractivity contribution is 5.82. The Balaban J connectivity index is 2.17. The molecule has 2 aliphatic carbocycles. The topological polar surface area (TPSA) is 41.6 Å². The molecule has 0 amide bonds. The number of hydrogen-bond donors (Lipinski definition) is 1. The van der Waals surface area contributed by atoms with Gasteiger partial charge in [-0.2, -0.15) is 0 Å². The van der Waals surface area contributed by atoms with E-state index in [1.165, 1.54) is 20.0 Å². The summed E-state index contributed by atoms with van der Waals surface area (Å²) < 4.78 is 5.19. The van der Waals surface area contributed by atoms with Crippen molar-refractivity contribution in [2.45, 2.75) is 71.0 Å². The molecule has 2 aliphatic rings. The predicted octanol–water partition coefficient (Wildman–Crippen LogP) is 2.43. The summed E-state index contributed by atoms with van der Waals surface area (Å²) in [6.07, 6.45) is 4.94. The fraction of sp³-hybridized carbons (Fsp3) is 0.941. The SMILES string of the molecule is COC(=O)C(CN(CC1CC1)C(C)C)(NC(C)C)C1CC1. The number of hydrogen-bond acceptors (Lipinski definition) is 4.